The first-order valence-electron chi connectivity index (χ1n) is 5.33. The van der Waals surface area contributed by atoms with Gasteiger partial charge in [-0.25, -0.2) is 8.42 Å². The number of thiophene rings is 2. The number of nitrogens with zero attached hydrogens (tertiary/aromatic N) is 2. The van der Waals surface area contributed by atoms with E-state index in [2.05, 4.69) is 0 Å². The van der Waals surface area contributed by atoms with E-state index in [-0.39, 0.29) is 21.4 Å². The number of nitrogen functional groups attached to an aromatic ring is 1. The third-order valence-corrected chi connectivity index (χ3v) is 6.50. The monoisotopic (exact) mass is 333 g/mol. The fraction of sp³-hybridized carbons (Fsp3) is 0.200. The number of hydrogen-bond donors (Lipinski definition) is 1. The zero-order chi connectivity index (χ0) is 14.9. The Labute approximate surface area is 123 Å². The van der Waals surface area contributed by atoms with Gasteiger partial charge in [-0.3, -0.25) is 10.1 Å². The molecule has 0 saturated carbocycles. The molecule has 0 unspecified atom stereocenters. The van der Waals surface area contributed by atoms with Crippen LogP contribution in [-0.2, 0) is 16.6 Å². The van der Waals surface area contributed by atoms with Crippen molar-refractivity contribution in [2.45, 2.75) is 10.8 Å². The van der Waals surface area contributed by atoms with E-state index in [1.807, 2.05) is 16.8 Å². The Hall–Kier alpha value is -1.49. The number of sulfonamides is 1. The van der Waals surface area contributed by atoms with Crippen LogP contribution in [0.15, 0.2) is 27.1 Å². The Morgan fingerprint density at radius 3 is 2.70 bits per heavy atom. The molecule has 20 heavy (non-hydrogen) atoms. The van der Waals surface area contributed by atoms with Crippen molar-refractivity contribution in [3.05, 3.63) is 38.6 Å². The van der Waals surface area contributed by atoms with Gasteiger partial charge in [0.2, 0.25) is 0 Å². The highest BCUT2D eigenvalue weighted by Gasteiger charge is 2.28. The lowest BCUT2D eigenvalue weighted by molar-refractivity contribution is -0.383. The fourth-order valence-electron chi connectivity index (χ4n) is 1.52. The minimum Gasteiger partial charge on any atom is -0.385 e. The molecule has 0 amide bonds. The Kier molecular flexibility index (Phi) is 4.09. The van der Waals surface area contributed by atoms with Gasteiger partial charge in [0.1, 0.15) is 4.21 Å². The number of hydrogen-bond acceptors (Lipinski definition) is 7. The molecular weight excluding hydrogens is 322 g/mol. The topological polar surface area (TPSA) is 107 Å². The molecule has 0 aliphatic carbocycles. The van der Waals surface area contributed by atoms with E-state index in [1.54, 1.807) is 0 Å². The van der Waals surface area contributed by atoms with Gasteiger partial charge in [-0.05, 0) is 22.4 Å². The SMILES string of the molecule is CN(Cc1ccsc1)S(=O)(=O)c1cc([N+](=O)[O-])c(N)s1. The summed E-state index contributed by atoms with van der Waals surface area (Å²) in [7, 11) is -2.35. The van der Waals surface area contributed by atoms with Crippen LogP contribution in [-0.4, -0.2) is 24.7 Å². The third-order valence-electron chi connectivity index (χ3n) is 2.56. The van der Waals surface area contributed by atoms with Crippen molar-refractivity contribution in [1.82, 2.24) is 4.31 Å². The predicted octanol–water partition coefficient (Wildman–Crippen LogP) is 2.12. The van der Waals surface area contributed by atoms with Crippen molar-refractivity contribution >= 4 is 43.4 Å². The lowest BCUT2D eigenvalue weighted by Gasteiger charge is -2.14. The molecule has 7 nitrogen and oxygen atoms in total. The van der Waals surface area contributed by atoms with Gasteiger partial charge in [0.05, 0.1) is 4.92 Å². The van der Waals surface area contributed by atoms with Crippen LogP contribution in [0.2, 0.25) is 0 Å². The molecule has 108 valence electrons. The van der Waals surface area contributed by atoms with Crippen molar-refractivity contribution in [2.24, 2.45) is 0 Å². The first kappa shape index (κ1) is 14.9. The van der Waals surface area contributed by atoms with E-state index < -0.39 is 14.9 Å². The van der Waals surface area contributed by atoms with Gasteiger partial charge >= 0.3 is 5.69 Å². The first-order valence-corrected chi connectivity index (χ1v) is 8.53. The fourth-order valence-corrected chi connectivity index (χ4v) is 4.77. The second-order valence-corrected chi connectivity index (χ2v) is 8.10. The molecule has 0 aliphatic rings. The van der Waals surface area contributed by atoms with Gasteiger partial charge in [0, 0.05) is 19.7 Å². The maximum Gasteiger partial charge on any atom is 0.304 e. The molecule has 10 heteroatoms. The summed E-state index contributed by atoms with van der Waals surface area (Å²) in [5, 5.41) is 14.3. The highest BCUT2D eigenvalue weighted by atomic mass is 32.2. The minimum absolute atomic E-state index is 0.113. The molecule has 2 rings (SSSR count). The van der Waals surface area contributed by atoms with Crippen molar-refractivity contribution in [3.63, 3.8) is 0 Å². The van der Waals surface area contributed by atoms with E-state index in [4.69, 9.17) is 5.73 Å². The highest BCUT2D eigenvalue weighted by Crippen LogP contribution is 2.35. The van der Waals surface area contributed by atoms with Gasteiger partial charge in [-0.1, -0.05) is 11.3 Å². The number of nitro groups is 1. The second-order valence-electron chi connectivity index (χ2n) is 3.96. The number of rotatable bonds is 5. The van der Waals surface area contributed by atoms with E-state index in [0.717, 1.165) is 15.9 Å². The average molecular weight is 333 g/mol. The number of anilines is 1. The molecule has 2 N–H and O–H groups in total. The Bertz CT molecular complexity index is 721. The van der Waals surface area contributed by atoms with Gasteiger partial charge in [-0.15, -0.1) is 0 Å². The van der Waals surface area contributed by atoms with Crippen LogP contribution in [0.25, 0.3) is 0 Å². The van der Waals surface area contributed by atoms with Crippen LogP contribution >= 0.6 is 22.7 Å². The zero-order valence-corrected chi connectivity index (χ0v) is 12.8. The largest absolute Gasteiger partial charge is 0.385 e. The molecule has 2 aromatic heterocycles. The molecule has 0 spiro atoms. The summed E-state index contributed by atoms with van der Waals surface area (Å²) in [4.78, 5) is 10.0. The van der Waals surface area contributed by atoms with Crippen LogP contribution in [0.4, 0.5) is 10.7 Å². The van der Waals surface area contributed by atoms with Crippen LogP contribution < -0.4 is 5.73 Å². The van der Waals surface area contributed by atoms with Gasteiger partial charge in [0.15, 0.2) is 5.00 Å². The lowest BCUT2D eigenvalue weighted by atomic mass is 10.3. The van der Waals surface area contributed by atoms with Gasteiger partial charge in [-0.2, -0.15) is 15.6 Å². The molecule has 0 aliphatic heterocycles. The predicted molar refractivity (Wildman–Crippen MR) is 78.4 cm³/mol. The van der Waals surface area contributed by atoms with Crippen LogP contribution in [0, 0.1) is 10.1 Å². The molecule has 2 aromatic rings. The molecule has 0 aromatic carbocycles. The summed E-state index contributed by atoms with van der Waals surface area (Å²) >= 11 is 2.17. The van der Waals surface area contributed by atoms with Crippen LogP contribution in [0.3, 0.4) is 0 Å². The molecule has 0 radical (unpaired) electrons. The van der Waals surface area contributed by atoms with Crippen molar-refractivity contribution in [3.8, 4) is 0 Å². The van der Waals surface area contributed by atoms with E-state index in [1.165, 1.54) is 18.4 Å². The third kappa shape index (κ3) is 2.82. The van der Waals surface area contributed by atoms with Crippen molar-refractivity contribution in [2.75, 3.05) is 12.8 Å². The Balaban J connectivity index is 2.30. The number of nitrogens with two attached hydrogens (primary N) is 1. The summed E-state index contributed by atoms with van der Waals surface area (Å²) < 4.78 is 25.6. The van der Waals surface area contributed by atoms with Crippen LogP contribution in [0.1, 0.15) is 5.56 Å². The average Bonchev–Trinajstić information content (AvgIpc) is 2.98. The second kappa shape index (κ2) is 5.48. The maximum absolute atomic E-state index is 12.3. The Morgan fingerprint density at radius 1 is 1.50 bits per heavy atom. The standard InChI is InChI=1S/C10H11N3O4S3/c1-12(5-7-2-3-18-6-7)20(16,17)9-4-8(13(14)15)10(11)19-9/h2-4,6H,5,11H2,1H3. The molecule has 0 bridgehead atoms. The summed E-state index contributed by atoms with van der Waals surface area (Å²) in [5.41, 5.74) is 5.95. The van der Waals surface area contributed by atoms with Crippen LogP contribution in [0.5, 0.6) is 0 Å². The van der Waals surface area contributed by atoms with Gasteiger partial charge in [0.25, 0.3) is 10.0 Å². The van der Waals surface area contributed by atoms with E-state index in [9.17, 15) is 18.5 Å². The Morgan fingerprint density at radius 2 is 2.20 bits per heavy atom. The first-order chi connectivity index (χ1) is 9.32. The molecular formula is C10H11N3O4S3. The molecule has 2 heterocycles. The van der Waals surface area contributed by atoms with Crippen molar-refractivity contribution < 1.29 is 13.3 Å². The van der Waals surface area contributed by atoms with Gasteiger partial charge < -0.3 is 5.73 Å². The summed E-state index contributed by atoms with van der Waals surface area (Å²) in [5.74, 6) is 0. The minimum atomic E-state index is -3.78. The molecule has 0 fully saturated rings. The van der Waals surface area contributed by atoms with E-state index >= 15 is 0 Å². The summed E-state index contributed by atoms with van der Waals surface area (Å²) in [6.07, 6.45) is 0. The molecule has 0 atom stereocenters. The maximum atomic E-state index is 12.3. The van der Waals surface area contributed by atoms with E-state index in [0.29, 0.717) is 11.3 Å². The van der Waals surface area contributed by atoms with Crippen molar-refractivity contribution in [1.29, 1.82) is 0 Å². The normalized spacial score (nSPS) is 11.9. The highest BCUT2D eigenvalue weighted by molar-refractivity contribution is 7.91. The molecule has 0 saturated heterocycles. The summed E-state index contributed by atoms with van der Waals surface area (Å²) in [6, 6.07) is 2.82. The lowest BCUT2D eigenvalue weighted by Crippen LogP contribution is -2.25. The summed E-state index contributed by atoms with van der Waals surface area (Å²) in [6.45, 7) is 0.206. The quantitative estimate of drug-likeness (QED) is 0.666. The smallest absolute Gasteiger partial charge is 0.304 e. The zero-order valence-electron chi connectivity index (χ0n) is 10.3.